The summed E-state index contributed by atoms with van der Waals surface area (Å²) in [5.41, 5.74) is 5.02. The van der Waals surface area contributed by atoms with Gasteiger partial charge >= 0.3 is 57.4 Å². The molecule has 0 saturated carbocycles. The summed E-state index contributed by atoms with van der Waals surface area (Å²) in [6, 6.07) is -0.681. The maximum Gasteiger partial charge on any atom is 1.00 e. The van der Waals surface area contributed by atoms with Crippen LogP contribution in [0, 0.1) is 0 Å². The third-order valence-electron chi connectivity index (χ3n) is 0.757. The van der Waals surface area contributed by atoms with Crippen LogP contribution in [-0.2, 0) is 4.79 Å². The van der Waals surface area contributed by atoms with Crippen molar-refractivity contribution in [3.05, 3.63) is 0 Å². The number of nitrogens with two attached hydrogens (primary N) is 1. The minimum atomic E-state index is -0.928. The van der Waals surface area contributed by atoms with Gasteiger partial charge in [-0.05, 0) is 6.42 Å². The number of hydrogen-bond acceptors (Lipinski definition) is 2. The molecule has 0 aliphatic heterocycles. The minimum absolute atomic E-state index is 0. The molecule has 0 aliphatic carbocycles. The van der Waals surface area contributed by atoms with E-state index < -0.39 is 12.0 Å². The van der Waals surface area contributed by atoms with Gasteiger partial charge in [0.1, 0.15) is 6.04 Å². The monoisotopic (exact) mass is 143 g/mol. The zero-order valence-electron chi connectivity index (χ0n) is 6.22. The molecule has 0 aromatic rings. The molecule has 4 heteroatoms. The van der Waals surface area contributed by atoms with Gasteiger partial charge in [-0.3, -0.25) is 4.79 Å². The molecule has 3 nitrogen and oxygen atoms in total. The zero-order chi connectivity index (χ0) is 5.86. The van der Waals surface area contributed by atoms with Crippen LogP contribution >= 0.6 is 0 Å². The normalized spacial score (nSPS) is 11.8. The van der Waals surface area contributed by atoms with Crippen molar-refractivity contribution < 1.29 is 62.7 Å². The molecule has 44 valence electrons. The molecule has 0 aromatic heterocycles. The summed E-state index contributed by atoms with van der Waals surface area (Å²) < 4.78 is 0. The Morgan fingerprint density at radius 3 is 2.38 bits per heavy atom. The fourth-order valence-electron chi connectivity index (χ4n) is 0.175. The Hall–Kier alpha value is 1.07. The third kappa shape index (κ3) is 5.21. The van der Waals surface area contributed by atoms with Crippen LogP contribution in [-0.4, -0.2) is 17.1 Å². The second-order valence-corrected chi connectivity index (χ2v) is 1.35. The molecule has 0 bridgehead atoms. The first kappa shape index (κ1) is 11.8. The number of carboxylic acid groups (broad SMARTS) is 1. The maximum absolute atomic E-state index is 9.81. The summed E-state index contributed by atoms with van der Waals surface area (Å²) in [5.74, 6) is -0.928. The molecule has 1 unspecified atom stereocenters. The molecule has 0 aliphatic rings. The summed E-state index contributed by atoms with van der Waals surface area (Å²) in [7, 11) is 0. The van der Waals surface area contributed by atoms with E-state index in [0.717, 1.165) is 0 Å². The molecule has 0 spiro atoms. The number of aliphatic carboxylic acids is 1. The fraction of sp³-hybridized carbons (Fsp3) is 0.750. The minimum Gasteiger partial charge on any atom is -1.00 e. The van der Waals surface area contributed by atoms with Crippen molar-refractivity contribution >= 4 is 5.97 Å². The smallest absolute Gasteiger partial charge is 1.00 e. The predicted octanol–water partition coefficient (Wildman–Crippen LogP) is -3.08. The number of hydrogen-bond donors (Lipinski definition) is 2. The summed E-state index contributed by atoms with van der Waals surface area (Å²) in [6.45, 7) is 1.73. The standard InChI is InChI=1S/C4H9NO2.K.H/c1-2-3(5)4(6)7;;/h3H,2,5H2,1H3,(H,6,7);;/q;+1;-1. The van der Waals surface area contributed by atoms with Crippen molar-refractivity contribution in [3.63, 3.8) is 0 Å². The Kier molecular flexibility index (Phi) is 9.14. The summed E-state index contributed by atoms with van der Waals surface area (Å²) in [5, 5.41) is 8.06. The Bertz CT molecular complexity index is 81.0. The Morgan fingerprint density at radius 1 is 2.00 bits per heavy atom. The number of rotatable bonds is 2. The van der Waals surface area contributed by atoms with Crippen molar-refractivity contribution in [1.29, 1.82) is 0 Å². The van der Waals surface area contributed by atoms with E-state index in [1.807, 2.05) is 0 Å². The second kappa shape index (κ2) is 6.19. The van der Waals surface area contributed by atoms with Crippen molar-refractivity contribution in [2.24, 2.45) is 5.73 Å². The largest absolute Gasteiger partial charge is 1.00 e. The molecule has 0 heterocycles. The van der Waals surface area contributed by atoms with Crippen LogP contribution in [0.5, 0.6) is 0 Å². The van der Waals surface area contributed by atoms with Crippen LogP contribution in [0.2, 0.25) is 0 Å². The van der Waals surface area contributed by atoms with Crippen LogP contribution < -0.4 is 57.1 Å². The molecule has 0 aromatic carbocycles. The van der Waals surface area contributed by atoms with Crippen LogP contribution in [0.3, 0.4) is 0 Å². The van der Waals surface area contributed by atoms with Gasteiger partial charge in [0, 0.05) is 0 Å². The maximum atomic E-state index is 9.81. The molecule has 0 rings (SSSR count). The number of carboxylic acids is 1. The molecule has 0 saturated heterocycles. The van der Waals surface area contributed by atoms with Gasteiger partial charge in [0.15, 0.2) is 0 Å². The van der Waals surface area contributed by atoms with Crippen molar-refractivity contribution in [3.8, 4) is 0 Å². The van der Waals surface area contributed by atoms with E-state index in [1.165, 1.54) is 0 Å². The van der Waals surface area contributed by atoms with E-state index in [2.05, 4.69) is 0 Å². The van der Waals surface area contributed by atoms with E-state index in [1.54, 1.807) is 6.92 Å². The molecule has 3 N–H and O–H groups in total. The molecule has 0 amide bonds. The molecular formula is C4H10KNO2. The summed E-state index contributed by atoms with van der Waals surface area (Å²) in [6.07, 6.45) is 0.495. The topological polar surface area (TPSA) is 63.3 Å². The van der Waals surface area contributed by atoms with Gasteiger partial charge in [0.2, 0.25) is 0 Å². The molecule has 8 heavy (non-hydrogen) atoms. The van der Waals surface area contributed by atoms with Gasteiger partial charge in [0.25, 0.3) is 0 Å². The van der Waals surface area contributed by atoms with E-state index in [0.29, 0.717) is 6.42 Å². The first-order valence-electron chi connectivity index (χ1n) is 2.17. The average molecular weight is 143 g/mol. The first-order chi connectivity index (χ1) is 3.18. The van der Waals surface area contributed by atoms with Gasteiger partial charge in [-0.15, -0.1) is 0 Å². The van der Waals surface area contributed by atoms with Gasteiger partial charge in [-0.1, -0.05) is 6.92 Å². The van der Waals surface area contributed by atoms with Crippen LogP contribution in [0.1, 0.15) is 14.8 Å². The van der Waals surface area contributed by atoms with E-state index in [-0.39, 0.29) is 52.8 Å². The van der Waals surface area contributed by atoms with E-state index >= 15 is 0 Å². The Labute approximate surface area is 92.5 Å². The zero-order valence-corrected chi connectivity index (χ0v) is 8.34. The van der Waals surface area contributed by atoms with Crippen LogP contribution in [0.4, 0.5) is 0 Å². The van der Waals surface area contributed by atoms with E-state index in [9.17, 15) is 4.79 Å². The van der Waals surface area contributed by atoms with Crippen molar-refractivity contribution in [2.75, 3.05) is 0 Å². The Morgan fingerprint density at radius 2 is 2.38 bits per heavy atom. The summed E-state index contributed by atoms with van der Waals surface area (Å²) >= 11 is 0. The van der Waals surface area contributed by atoms with Gasteiger partial charge in [-0.2, -0.15) is 0 Å². The Balaban J connectivity index is -0.000000180. The van der Waals surface area contributed by atoms with Crippen LogP contribution in [0.15, 0.2) is 0 Å². The van der Waals surface area contributed by atoms with Crippen molar-refractivity contribution in [1.82, 2.24) is 0 Å². The van der Waals surface area contributed by atoms with Gasteiger partial charge < -0.3 is 12.3 Å². The van der Waals surface area contributed by atoms with Crippen LogP contribution in [0.25, 0.3) is 0 Å². The average Bonchev–Trinajstić information content (AvgIpc) is 1.65. The van der Waals surface area contributed by atoms with E-state index in [4.69, 9.17) is 10.8 Å². The third-order valence-corrected chi connectivity index (χ3v) is 0.757. The first-order valence-corrected chi connectivity index (χ1v) is 2.17. The predicted molar refractivity (Wildman–Crippen MR) is 27.0 cm³/mol. The van der Waals surface area contributed by atoms with Crippen molar-refractivity contribution in [2.45, 2.75) is 19.4 Å². The molecule has 1 atom stereocenters. The molecule has 0 fully saturated rings. The van der Waals surface area contributed by atoms with Gasteiger partial charge in [-0.25, -0.2) is 0 Å². The van der Waals surface area contributed by atoms with Gasteiger partial charge in [0.05, 0.1) is 0 Å². The molecular weight excluding hydrogens is 133 g/mol. The molecule has 0 radical (unpaired) electrons. The number of carbonyl (C=O) groups is 1. The summed E-state index contributed by atoms with van der Waals surface area (Å²) in [4.78, 5) is 9.81. The quantitative estimate of drug-likeness (QED) is 0.403. The fourth-order valence-corrected chi connectivity index (χ4v) is 0.175. The second-order valence-electron chi connectivity index (χ2n) is 1.35. The SMILES string of the molecule is CCC(N)C(=O)O.[H-].[K+].